The first-order chi connectivity index (χ1) is 11.7. The lowest BCUT2D eigenvalue weighted by molar-refractivity contribution is 0.0950. The van der Waals surface area contributed by atoms with E-state index in [4.69, 9.17) is 4.74 Å². The Balaban J connectivity index is 1.74. The fourth-order valence-corrected chi connectivity index (χ4v) is 2.28. The molecule has 0 aliphatic carbocycles. The van der Waals surface area contributed by atoms with E-state index in [1.165, 1.54) is 0 Å². The Morgan fingerprint density at radius 1 is 1.04 bits per heavy atom. The number of hydrogen-bond acceptors (Lipinski definition) is 4. The maximum absolute atomic E-state index is 12.2. The smallest absolute Gasteiger partial charge is 0.289 e. The second-order valence-electron chi connectivity index (χ2n) is 5.26. The summed E-state index contributed by atoms with van der Waals surface area (Å²) in [6.07, 6.45) is 0. The van der Waals surface area contributed by atoms with E-state index >= 15 is 0 Å². The van der Waals surface area contributed by atoms with Crippen LogP contribution < -0.4 is 10.2 Å². The summed E-state index contributed by atoms with van der Waals surface area (Å²) in [6, 6.07) is 18.7. The molecule has 0 saturated carbocycles. The number of rotatable bonds is 4. The number of fused-ring (bicyclic) bond motifs is 1. The molecule has 0 unspecified atom stereocenters. The quantitative estimate of drug-likeness (QED) is 0.592. The SMILES string of the molecule is COc1ccc(/C(C)=N/NC(=O)c2ccc3ccccc3n2)cc1. The van der Waals surface area contributed by atoms with Gasteiger partial charge in [0, 0.05) is 5.39 Å². The number of nitrogens with zero attached hydrogens (tertiary/aromatic N) is 2. The van der Waals surface area contributed by atoms with Crippen LogP contribution in [0.5, 0.6) is 5.75 Å². The molecule has 24 heavy (non-hydrogen) atoms. The number of ether oxygens (including phenoxy) is 1. The predicted octanol–water partition coefficient (Wildman–Crippen LogP) is 3.40. The van der Waals surface area contributed by atoms with Crippen LogP contribution >= 0.6 is 0 Å². The average Bonchev–Trinajstić information content (AvgIpc) is 2.65. The van der Waals surface area contributed by atoms with Crippen molar-refractivity contribution in [2.45, 2.75) is 6.92 Å². The highest BCUT2D eigenvalue weighted by atomic mass is 16.5. The number of nitrogens with one attached hydrogen (secondary N) is 1. The first kappa shape index (κ1) is 15.7. The van der Waals surface area contributed by atoms with Gasteiger partial charge in [0.2, 0.25) is 0 Å². The van der Waals surface area contributed by atoms with Gasteiger partial charge in [0.1, 0.15) is 11.4 Å². The van der Waals surface area contributed by atoms with Gasteiger partial charge in [0.05, 0.1) is 18.3 Å². The molecule has 0 radical (unpaired) electrons. The summed E-state index contributed by atoms with van der Waals surface area (Å²) in [5, 5.41) is 5.14. The number of para-hydroxylation sites is 1. The molecule has 0 aliphatic rings. The minimum atomic E-state index is -0.339. The van der Waals surface area contributed by atoms with Gasteiger partial charge >= 0.3 is 0 Å². The zero-order chi connectivity index (χ0) is 16.9. The molecule has 0 spiro atoms. The van der Waals surface area contributed by atoms with Crippen LogP contribution in [0.2, 0.25) is 0 Å². The Morgan fingerprint density at radius 3 is 2.54 bits per heavy atom. The molecule has 1 amide bonds. The zero-order valence-electron chi connectivity index (χ0n) is 13.5. The number of methoxy groups -OCH3 is 1. The van der Waals surface area contributed by atoms with Crippen LogP contribution in [0.15, 0.2) is 65.8 Å². The molecule has 1 aromatic heterocycles. The predicted molar refractivity (Wildman–Crippen MR) is 94.4 cm³/mol. The monoisotopic (exact) mass is 319 g/mol. The van der Waals surface area contributed by atoms with Crippen LogP contribution in [0, 0.1) is 0 Å². The van der Waals surface area contributed by atoms with E-state index < -0.39 is 0 Å². The normalized spacial score (nSPS) is 11.3. The highest BCUT2D eigenvalue weighted by Crippen LogP contribution is 2.13. The summed E-state index contributed by atoms with van der Waals surface area (Å²) in [6.45, 7) is 1.83. The van der Waals surface area contributed by atoms with Crippen molar-refractivity contribution in [1.82, 2.24) is 10.4 Å². The van der Waals surface area contributed by atoms with Crippen molar-refractivity contribution in [2.75, 3.05) is 7.11 Å². The van der Waals surface area contributed by atoms with Crippen LogP contribution in [-0.4, -0.2) is 23.7 Å². The molecule has 3 aromatic rings. The Morgan fingerprint density at radius 2 is 1.79 bits per heavy atom. The Kier molecular flexibility index (Phi) is 4.52. The van der Waals surface area contributed by atoms with Gasteiger partial charge in [-0.1, -0.05) is 24.3 Å². The van der Waals surface area contributed by atoms with E-state index in [9.17, 15) is 4.79 Å². The molecule has 1 heterocycles. The summed E-state index contributed by atoms with van der Waals surface area (Å²) in [7, 11) is 1.62. The van der Waals surface area contributed by atoms with Gasteiger partial charge in [-0.2, -0.15) is 5.10 Å². The Labute approximate surface area is 140 Å². The van der Waals surface area contributed by atoms with Gasteiger partial charge in [0.25, 0.3) is 5.91 Å². The maximum Gasteiger partial charge on any atom is 0.289 e. The van der Waals surface area contributed by atoms with Crippen molar-refractivity contribution in [1.29, 1.82) is 0 Å². The maximum atomic E-state index is 12.2. The Hall–Kier alpha value is -3.21. The summed E-state index contributed by atoms with van der Waals surface area (Å²) in [5.41, 5.74) is 5.26. The van der Waals surface area contributed by atoms with Crippen molar-refractivity contribution < 1.29 is 9.53 Å². The zero-order valence-corrected chi connectivity index (χ0v) is 13.5. The number of aromatic nitrogens is 1. The summed E-state index contributed by atoms with van der Waals surface area (Å²) >= 11 is 0. The minimum Gasteiger partial charge on any atom is -0.497 e. The molecule has 5 nitrogen and oxygen atoms in total. The minimum absolute atomic E-state index is 0.333. The van der Waals surface area contributed by atoms with Gasteiger partial charge in [-0.05, 0) is 48.9 Å². The summed E-state index contributed by atoms with van der Waals surface area (Å²) < 4.78 is 5.12. The first-order valence-electron chi connectivity index (χ1n) is 7.52. The molecular weight excluding hydrogens is 302 g/mol. The molecule has 3 rings (SSSR count). The third-order valence-corrected chi connectivity index (χ3v) is 3.66. The molecule has 0 aliphatic heterocycles. The average molecular weight is 319 g/mol. The molecule has 0 saturated heterocycles. The van der Waals surface area contributed by atoms with E-state index in [2.05, 4.69) is 15.5 Å². The van der Waals surface area contributed by atoms with Crippen LogP contribution in [0.25, 0.3) is 10.9 Å². The molecule has 2 aromatic carbocycles. The number of pyridine rings is 1. The largest absolute Gasteiger partial charge is 0.497 e. The molecule has 0 bridgehead atoms. The lowest BCUT2D eigenvalue weighted by atomic mass is 10.1. The van der Waals surface area contributed by atoms with Crippen LogP contribution in [-0.2, 0) is 0 Å². The Bertz CT molecular complexity index is 902. The van der Waals surface area contributed by atoms with Crippen molar-refractivity contribution in [3.63, 3.8) is 0 Å². The second-order valence-corrected chi connectivity index (χ2v) is 5.26. The van der Waals surface area contributed by atoms with Crippen molar-refractivity contribution in [2.24, 2.45) is 5.10 Å². The number of hydrazone groups is 1. The van der Waals surface area contributed by atoms with Crippen LogP contribution in [0.4, 0.5) is 0 Å². The molecular formula is C19H17N3O2. The van der Waals surface area contributed by atoms with Gasteiger partial charge in [-0.25, -0.2) is 10.4 Å². The van der Waals surface area contributed by atoms with Gasteiger partial charge < -0.3 is 4.74 Å². The lowest BCUT2D eigenvalue weighted by Gasteiger charge is -2.05. The highest BCUT2D eigenvalue weighted by Gasteiger charge is 2.07. The first-order valence-corrected chi connectivity index (χ1v) is 7.52. The van der Waals surface area contributed by atoms with E-state index in [0.29, 0.717) is 11.4 Å². The number of carbonyl (C=O) groups excluding carboxylic acids is 1. The highest BCUT2D eigenvalue weighted by molar-refractivity contribution is 6.01. The number of amides is 1. The standard InChI is InChI=1S/C19H17N3O2/c1-13(14-7-10-16(24-2)11-8-14)21-22-19(23)18-12-9-15-5-3-4-6-17(15)20-18/h3-12H,1-2H3,(H,22,23)/b21-13+. The number of benzene rings is 2. The van der Waals surface area contributed by atoms with E-state index in [1.807, 2.05) is 61.5 Å². The van der Waals surface area contributed by atoms with Crippen molar-refractivity contribution >= 4 is 22.5 Å². The lowest BCUT2D eigenvalue weighted by Crippen LogP contribution is -2.20. The number of carbonyl (C=O) groups is 1. The number of hydrogen-bond donors (Lipinski definition) is 1. The topological polar surface area (TPSA) is 63.6 Å². The third-order valence-electron chi connectivity index (χ3n) is 3.66. The van der Waals surface area contributed by atoms with Crippen LogP contribution in [0.3, 0.4) is 0 Å². The molecule has 0 fully saturated rings. The molecule has 1 N–H and O–H groups in total. The van der Waals surface area contributed by atoms with Crippen molar-refractivity contribution in [3.8, 4) is 5.75 Å². The fourth-order valence-electron chi connectivity index (χ4n) is 2.28. The van der Waals surface area contributed by atoms with E-state index in [0.717, 1.165) is 22.2 Å². The summed E-state index contributed by atoms with van der Waals surface area (Å²) in [5.74, 6) is 0.435. The molecule has 0 atom stereocenters. The van der Waals surface area contributed by atoms with Gasteiger partial charge in [-0.15, -0.1) is 0 Å². The third kappa shape index (κ3) is 3.41. The fraction of sp³-hybridized carbons (Fsp3) is 0.105. The molecule has 120 valence electrons. The van der Waals surface area contributed by atoms with Crippen LogP contribution in [0.1, 0.15) is 23.0 Å². The van der Waals surface area contributed by atoms with Gasteiger partial charge in [-0.3, -0.25) is 4.79 Å². The van der Waals surface area contributed by atoms with Gasteiger partial charge in [0.15, 0.2) is 0 Å². The second kappa shape index (κ2) is 6.91. The molecule has 5 heteroatoms. The van der Waals surface area contributed by atoms with Crippen molar-refractivity contribution in [3.05, 3.63) is 71.9 Å². The van der Waals surface area contributed by atoms with E-state index in [-0.39, 0.29) is 5.91 Å². The van der Waals surface area contributed by atoms with E-state index in [1.54, 1.807) is 13.2 Å². The summed E-state index contributed by atoms with van der Waals surface area (Å²) in [4.78, 5) is 16.6.